The molecule has 1 N–H and O–H groups in total. The van der Waals surface area contributed by atoms with Crippen LogP contribution in [0.25, 0.3) is 5.70 Å². The number of rotatable bonds is 4. The summed E-state index contributed by atoms with van der Waals surface area (Å²) < 4.78 is 18.7. The summed E-state index contributed by atoms with van der Waals surface area (Å²) >= 11 is 0. The maximum absolute atomic E-state index is 14.2. The first-order valence-electron chi connectivity index (χ1n) is 8.67. The monoisotopic (exact) mass is 325 g/mol. The molecule has 1 aromatic rings. The van der Waals surface area contributed by atoms with E-state index in [0.29, 0.717) is 0 Å². The van der Waals surface area contributed by atoms with Crippen LogP contribution in [0.4, 0.5) is 4.39 Å². The van der Waals surface area contributed by atoms with Crippen LogP contribution in [0.3, 0.4) is 0 Å². The number of nitrogens with one attached hydrogen (secondary N) is 1. The lowest BCUT2D eigenvalue weighted by Gasteiger charge is -2.14. The molecular weight excluding hydrogens is 301 g/mol. The van der Waals surface area contributed by atoms with Crippen molar-refractivity contribution in [1.29, 1.82) is 0 Å². The summed E-state index contributed by atoms with van der Waals surface area (Å²) in [6.07, 6.45) is 17.3. The fourth-order valence-corrected chi connectivity index (χ4v) is 3.01. The van der Waals surface area contributed by atoms with Crippen molar-refractivity contribution in [2.75, 3.05) is 13.2 Å². The van der Waals surface area contributed by atoms with Gasteiger partial charge in [-0.15, -0.1) is 0 Å². The lowest BCUT2D eigenvalue weighted by Crippen LogP contribution is -2.09. The summed E-state index contributed by atoms with van der Waals surface area (Å²) in [7, 11) is 0. The fraction of sp³-hybridized carbons (Fsp3) is 0.333. The van der Waals surface area contributed by atoms with Gasteiger partial charge in [-0.2, -0.15) is 0 Å². The molecule has 4 rings (SSSR count). The van der Waals surface area contributed by atoms with Crippen molar-refractivity contribution in [3.8, 4) is 0 Å². The number of benzene rings is 1. The lowest BCUT2D eigenvalue weighted by molar-refractivity contribution is 0.243. The van der Waals surface area contributed by atoms with Crippen LogP contribution in [0.1, 0.15) is 36.8 Å². The van der Waals surface area contributed by atoms with Gasteiger partial charge < -0.3 is 10.1 Å². The molecule has 0 fully saturated rings. The number of hydrogen-bond donors (Lipinski definition) is 1. The average Bonchev–Trinajstić information content (AvgIpc) is 3.07. The summed E-state index contributed by atoms with van der Waals surface area (Å²) in [5.41, 5.74) is 4.41. The Hall–Kier alpha value is -2.29. The number of hydrogen-bond acceptors (Lipinski definition) is 2. The average molecular weight is 325 g/mol. The highest BCUT2D eigenvalue weighted by molar-refractivity contribution is 5.68. The standard InChI is InChI=1S/C18H20FN.C3H4O/c19-17-9-4-8-16(18-10-5-13-20-18)15(17)12-11-14-6-2-1-3-7-14;1-2-4-3-1/h1-2,4,6,8-10,20H,3,5,7,11-13H2;1-2H,3H2. The molecule has 0 amide bonds. The Morgan fingerprint density at radius 3 is 2.58 bits per heavy atom. The molecule has 3 heteroatoms. The van der Waals surface area contributed by atoms with Gasteiger partial charge in [-0.05, 0) is 49.8 Å². The minimum atomic E-state index is -0.0796. The van der Waals surface area contributed by atoms with Gasteiger partial charge in [0.15, 0.2) is 0 Å². The molecule has 0 saturated carbocycles. The molecule has 2 nitrogen and oxygen atoms in total. The molecule has 2 heterocycles. The van der Waals surface area contributed by atoms with Gasteiger partial charge in [0.25, 0.3) is 0 Å². The van der Waals surface area contributed by atoms with Crippen LogP contribution >= 0.6 is 0 Å². The largest absolute Gasteiger partial charge is 0.497 e. The van der Waals surface area contributed by atoms with Crippen LogP contribution in [-0.4, -0.2) is 13.2 Å². The lowest BCUT2D eigenvalue weighted by atomic mass is 9.94. The zero-order chi connectivity index (χ0) is 16.6. The normalized spacial score (nSPS) is 17.7. The minimum absolute atomic E-state index is 0.0796. The predicted molar refractivity (Wildman–Crippen MR) is 96.9 cm³/mol. The van der Waals surface area contributed by atoms with Gasteiger partial charge in [0.05, 0.1) is 6.26 Å². The molecule has 1 aromatic carbocycles. The second kappa shape index (κ2) is 8.53. The second-order valence-electron chi connectivity index (χ2n) is 6.10. The molecule has 0 aromatic heterocycles. The van der Waals surface area contributed by atoms with Gasteiger partial charge in [0.1, 0.15) is 12.4 Å². The first-order chi connectivity index (χ1) is 11.8. The summed E-state index contributed by atoms with van der Waals surface area (Å²) in [6, 6.07) is 5.40. The zero-order valence-corrected chi connectivity index (χ0v) is 13.9. The van der Waals surface area contributed by atoms with E-state index in [1.54, 1.807) is 18.4 Å². The highest BCUT2D eigenvalue weighted by Gasteiger charge is 2.14. The Kier molecular flexibility index (Phi) is 5.89. The number of allylic oxidation sites excluding steroid dienone is 4. The van der Waals surface area contributed by atoms with Gasteiger partial charge >= 0.3 is 0 Å². The van der Waals surface area contributed by atoms with Crippen molar-refractivity contribution in [3.05, 3.63) is 77.4 Å². The molecule has 0 saturated heterocycles. The first kappa shape index (κ1) is 16.6. The van der Waals surface area contributed by atoms with E-state index in [0.717, 1.165) is 62.1 Å². The molecule has 126 valence electrons. The Labute approximate surface area is 143 Å². The predicted octanol–water partition coefficient (Wildman–Crippen LogP) is 4.90. The summed E-state index contributed by atoms with van der Waals surface area (Å²) in [5.74, 6) is -0.0796. The van der Waals surface area contributed by atoms with Crippen LogP contribution in [0.15, 0.2) is 60.4 Å². The van der Waals surface area contributed by atoms with Crippen LogP contribution in [-0.2, 0) is 11.2 Å². The highest BCUT2D eigenvalue weighted by Crippen LogP contribution is 2.26. The Balaban J connectivity index is 0.000000370. The van der Waals surface area contributed by atoms with Gasteiger partial charge in [-0.25, -0.2) is 4.39 Å². The van der Waals surface area contributed by atoms with Crippen LogP contribution in [0.5, 0.6) is 0 Å². The summed E-state index contributed by atoms with van der Waals surface area (Å²) in [4.78, 5) is 0. The highest BCUT2D eigenvalue weighted by atomic mass is 19.1. The SMILES string of the molecule is C1=COC1.Fc1cccc(C2=CCCN2)c1CCC1=CC=CCC1. The van der Waals surface area contributed by atoms with E-state index in [1.165, 1.54) is 5.57 Å². The fourth-order valence-electron chi connectivity index (χ4n) is 3.01. The van der Waals surface area contributed by atoms with E-state index in [-0.39, 0.29) is 5.82 Å². The minimum Gasteiger partial charge on any atom is -0.497 e. The van der Waals surface area contributed by atoms with Crippen molar-refractivity contribution in [2.45, 2.75) is 32.1 Å². The second-order valence-corrected chi connectivity index (χ2v) is 6.10. The molecule has 1 aliphatic carbocycles. The molecule has 2 aliphatic heterocycles. The van der Waals surface area contributed by atoms with Crippen molar-refractivity contribution < 1.29 is 9.13 Å². The van der Waals surface area contributed by atoms with Gasteiger partial charge in [0.2, 0.25) is 0 Å². The molecule has 0 unspecified atom stereocenters. The molecule has 0 bridgehead atoms. The first-order valence-corrected chi connectivity index (χ1v) is 8.67. The molecule has 24 heavy (non-hydrogen) atoms. The summed E-state index contributed by atoms with van der Waals surface area (Å²) in [5, 5.41) is 3.35. The van der Waals surface area contributed by atoms with Crippen LogP contribution in [0, 0.1) is 5.82 Å². The van der Waals surface area contributed by atoms with E-state index in [2.05, 4.69) is 34.4 Å². The smallest absolute Gasteiger partial charge is 0.127 e. The molecular formula is C21H24FNO. The maximum Gasteiger partial charge on any atom is 0.127 e. The topological polar surface area (TPSA) is 21.3 Å². The van der Waals surface area contributed by atoms with Crippen LogP contribution < -0.4 is 5.32 Å². The number of ether oxygens (including phenoxy) is 1. The van der Waals surface area contributed by atoms with Crippen molar-refractivity contribution in [3.63, 3.8) is 0 Å². The molecule has 0 atom stereocenters. The Morgan fingerprint density at radius 1 is 1.12 bits per heavy atom. The molecule has 0 radical (unpaired) electrons. The molecule has 0 spiro atoms. The van der Waals surface area contributed by atoms with E-state index in [9.17, 15) is 4.39 Å². The van der Waals surface area contributed by atoms with Crippen molar-refractivity contribution in [2.24, 2.45) is 0 Å². The zero-order valence-electron chi connectivity index (χ0n) is 13.9. The van der Waals surface area contributed by atoms with Gasteiger partial charge in [-0.1, -0.05) is 42.0 Å². The van der Waals surface area contributed by atoms with E-state index >= 15 is 0 Å². The van der Waals surface area contributed by atoms with E-state index < -0.39 is 0 Å². The Morgan fingerprint density at radius 2 is 1.96 bits per heavy atom. The molecule has 3 aliphatic rings. The Bertz CT molecular complexity index is 679. The van der Waals surface area contributed by atoms with Crippen molar-refractivity contribution >= 4 is 5.70 Å². The summed E-state index contributed by atoms with van der Waals surface area (Å²) in [6.45, 7) is 1.78. The van der Waals surface area contributed by atoms with E-state index in [1.807, 2.05) is 12.1 Å². The maximum atomic E-state index is 14.2. The third-order valence-electron chi connectivity index (χ3n) is 4.40. The third kappa shape index (κ3) is 4.38. The quantitative estimate of drug-likeness (QED) is 0.850. The van der Waals surface area contributed by atoms with Crippen LogP contribution in [0.2, 0.25) is 0 Å². The van der Waals surface area contributed by atoms with Gasteiger partial charge in [0, 0.05) is 17.8 Å². The third-order valence-corrected chi connectivity index (χ3v) is 4.40. The number of halogens is 1. The van der Waals surface area contributed by atoms with E-state index in [4.69, 9.17) is 0 Å². The van der Waals surface area contributed by atoms with Gasteiger partial charge in [-0.3, -0.25) is 0 Å². The van der Waals surface area contributed by atoms with Crippen molar-refractivity contribution in [1.82, 2.24) is 5.32 Å².